The highest BCUT2D eigenvalue weighted by Gasteiger charge is 2.11. The standard InChI is InChI=1S/C19H23N3O2S/c1-25(23,24)13-17-6-3-2-5-16(17)12-21-19(20)22-18-10-9-14-7-4-8-15(14)11-18/h2-3,5-6,9-11H,4,7-8,12-13H2,1H3,(H3,20,21,22). The molecule has 0 aromatic heterocycles. The van der Waals surface area contributed by atoms with Gasteiger partial charge in [0.1, 0.15) is 0 Å². The fourth-order valence-electron chi connectivity index (χ4n) is 3.14. The summed E-state index contributed by atoms with van der Waals surface area (Å²) >= 11 is 0. The number of sulfone groups is 1. The Morgan fingerprint density at radius 3 is 2.60 bits per heavy atom. The van der Waals surface area contributed by atoms with Crippen LogP contribution in [0.3, 0.4) is 0 Å². The van der Waals surface area contributed by atoms with Crippen molar-refractivity contribution in [3.05, 3.63) is 64.7 Å². The lowest BCUT2D eigenvalue weighted by atomic mass is 10.1. The number of guanidine groups is 1. The number of anilines is 1. The number of hydrogen-bond donors (Lipinski definition) is 2. The summed E-state index contributed by atoms with van der Waals surface area (Å²) in [5.74, 6) is 0.337. The van der Waals surface area contributed by atoms with E-state index in [2.05, 4.69) is 22.4 Å². The summed E-state index contributed by atoms with van der Waals surface area (Å²) < 4.78 is 23.1. The number of fused-ring (bicyclic) bond motifs is 1. The van der Waals surface area contributed by atoms with Crippen LogP contribution in [0.5, 0.6) is 0 Å². The normalized spacial score (nSPS) is 14.4. The molecule has 3 rings (SSSR count). The second-order valence-electron chi connectivity index (χ2n) is 6.50. The van der Waals surface area contributed by atoms with Crippen molar-refractivity contribution in [2.75, 3.05) is 11.6 Å². The smallest absolute Gasteiger partial charge is 0.193 e. The molecule has 6 heteroatoms. The predicted octanol–water partition coefficient (Wildman–Crippen LogP) is 2.65. The summed E-state index contributed by atoms with van der Waals surface area (Å²) in [7, 11) is -3.09. The van der Waals surface area contributed by atoms with E-state index in [9.17, 15) is 8.42 Å². The molecule has 2 aromatic rings. The van der Waals surface area contributed by atoms with Gasteiger partial charge in [0.25, 0.3) is 0 Å². The molecule has 0 fully saturated rings. The molecule has 132 valence electrons. The second-order valence-corrected chi connectivity index (χ2v) is 8.64. The summed E-state index contributed by atoms with van der Waals surface area (Å²) in [6, 6.07) is 13.7. The second kappa shape index (κ2) is 7.27. The highest BCUT2D eigenvalue weighted by molar-refractivity contribution is 7.89. The molecule has 1 aliphatic rings. The van der Waals surface area contributed by atoms with Gasteiger partial charge in [0.15, 0.2) is 15.8 Å². The summed E-state index contributed by atoms with van der Waals surface area (Å²) in [5.41, 5.74) is 11.3. The summed E-state index contributed by atoms with van der Waals surface area (Å²) in [5, 5.41) is 3.12. The van der Waals surface area contributed by atoms with Crippen LogP contribution < -0.4 is 11.1 Å². The number of nitrogens with two attached hydrogens (primary N) is 1. The van der Waals surface area contributed by atoms with E-state index in [1.165, 1.54) is 23.8 Å². The van der Waals surface area contributed by atoms with E-state index in [0.717, 1.165) is 29.7 Å². The van der Waals surface area contributed by atoms with Crippen LogP contribution in [0.15, 0.2) is 47.5 Å². The zero-order valence-corrected chi connectivity index (χ0v) is 15.1. The predicted molar refractivity (Wildman–Crippen MR) is 102 cm³/mol. The van der Waals surface area contributed by atoms with Gasteiger partial charge < -0.3 is 11.1 Å². The molecule has 0 amide bonds. The van der Waals surface area contributed by atoms with E-state index in [-0.39, 0.29) is 5.75 Å². The molecule has 2 aromatic carbocycles. The molecule has 3 N–H and O–H groups in total. The first-order valence-corrected chi connectivity index (χ1v) is 10.4. The minimum absolute atomic E-state index is 0.0108. The van der Waals surface area contributed by atoms with Gasteiger partial charge in [-0.25, -0.2) is 13.4 Å². The zero-order valence-electron chi connectivity index (χ0n) is 14.3. The van der Waals surface area contributed by atoms with Gasteiger partial charge in [-0.2, -0.15) is 0 Å². The van der Waals surface area contributed by atoms with E-state index >= 15 is 0 Å². The van der Waals surface area contributed by atoms with E-state index in [4.69, 9.17) is 5.73 Å². The van der Waals surface area contributed by atoms with Crippen LogP contribution in [0.2, 0.25) is 0 Å². The number of benzene rings is 2. The molecule has 0 radical (unpaired) electrons. The maximum Gasteiger partial charge on any atom is 0.193 e. The molecule has 5 nitrogen and oxygen atoms in total. The summed E-state index contributed by atoms with van der Waals surface area (Å²) in [4.78, 5) is 4.36. The number of hydrogen-bond acceptors (Lipinski definition) is 3. The number of nitrogens with one attached hydrogen (secondary N) is 1. The van der Waals surface area contributed by atoms with Crippen molar-refractivity contribution < 1.29 is 8.42 Å². The first-order valence-electron chi connectivity index (χ1n) is 8.34. The van der Waals surface area contributed by atoms with Gasteiger partial charge in [0.05, 0.1) is 12.3 Å². The summed E-state index contributed by atoms with van der Waals surface area (Å²) in [6.45, 7) is 0.343. The Kier molecular flexibility index (Phi) is 5.08. The lowest BCUT2D eigenvalue weighted by molar-refractivity contribution is 0.601. The molecule has 0 heterocycles. The third-order valence-electron chi connectivity index (χ3n) is 4.33. The Morgan fingerprint density at radius 1 is 1.12 bits per heavy atom. The highest BCUT2D eigenvalue weighted by atomic mass is 32.2. The van der Waals surface area contributed by atoms with Gasteiger partial charge in [-0.15, -0.1) is 0 Å². The molecule has 0 atom stereocenters. The number of aryl methyl sites for hydroxylation is 2. The average Bonchev–Trinajstić information content (AvgIpc) is 3.00. The van der Waals surface area contributed by atoms with Crippen molar-refractivity contribution in [1.82, 2.24) is 0 Å². The maximum absolute atomic E-state index is 11.6. The molecular weight excluding hydrogens is 334 g/mol. The van der Waals surface area contributed by atoms with Crippen molar-refractivity contribution >= 4 is 21.5 Å². The van der Waals surface area contributed by atoms with Gasteiger partial charge in [0.2, 0.25) is 0 Å². The van der Waals surface area contributed by atoms with E-state index < -0.39 is 9.84 Å². The SMILES string of the molecule is CS(=O)(=O)Cc1ccccc1CN=C(N)Nc1ccc2c(c1)CCC2. The minimum Gasteiger partial charge on any atom is -0.370 e. The molecule has 0 saturated carbocycles. The van der Waals surface area contributed by atoms with Crippen LogP contribution in [0.25, 0.3) is 0 Å². The average molecular weight is 357 g/mol. The van der Waals surface area contributed by atoms with Crippen molar-refractivity contribution in [1.29, 1.82) is 0 Å². The van der Waals surface area contributed by atoms with Crippen LogP contribution in [0.1, 0.15) is 28.7 Å². The van der Waals surface area contributed by atoms with E-state index in [0.29, 0.717) is 12.5 Å². The van der Waals surface area contributed by atoms with E-state index in [1.54, 1.807) is 0 Å². The topological polar surface area (TPSA) is 84.5 Å². The molecule has 0 spiro atoms. The van der Waals surface area contributed by atoms with Crippen molar-refractivity contribution in [2.24, 2.45) is 10.7 Å². The monoisotopic (exact) mass is 357 g/mol. The maximum atomic E-state index is 11.6. The Balaban J connectivity index is 1.70. The molecule has 25 heavy (non-hydrogen) atoms. The lowest BCUT2D eigenvalue weighted by Crippen LogP contribution is -2.22. The van der Waals surface area contributed by atoms with Crippen LogP contribution in [-0.4, -0.2) is 20.6 Å². The first-order chi connectivity index (χ1) is 11.9. The Morgan fingerprint density at radius 2 is 1.84 bits per heavy atom. The van der Waals surface area contributed by atoms with Crippen LogP contribution in [0, 0.1) is 0 Å². The summed E-state index contributed by atoms with van der Waals surface area (Å²) in [6.07, 6.45) is 4.70. The number of rotatable bonds is 5. The first kappa shape index (κ1) is 17.5. The van der Waals surface area contributed by atoms with Crippen molar-refractivity contribution in [3.63, 3.8) is 0 Å². The fourth-order valence-corrected chi connectivity index (χ4v) is 3.99. The molecule has 1 aliphatic carbocycles. The third kappa shape index (κ3) is 4.82. The minimum atomic E-state index is -3.09. The largest absolute Gasteiger partial charge is 0.370 e. The number of nitrogens with zero attached hydrogens (tertiary/aromatic N) is 1. The third-order valence-corrected chi connectivity index (χ3v) is 5.16. The Labute approximate surface area is 148 Å². The number of aliphatic imine (C=N–C) groups is 1. The quantitative estimate of drug-likeness (QED) is 0.636. The molecule has 0 saturated heterocycles. The van der Waals surface area contributed by atoms with Gasteiger partial charge in [-0.1, -0.05) is 30.3 Å². The van der Waals surface area contributed by atoms with Gasteiger partial charge >= 0.3 is 0 Å². The Bertz CT molecular complexity index is 905. The van der Waals surface area contributed by atoms with Crippen LogP contribution in [0.4, 0.5) is 5.69 Å². The Hall–Kier alpha value is -2.34. The molecule has 0 aliphatic heterocycles. The van der Waals surface area contributed by atoms with Gasteiger partial charge in [-0.3, -0.25) is 0 Å². The van der Waals surface area contributed by atoms with Crippen molar-refractivity contribution in [3.8, 4) is 0 Å². The molecule has 0 bridgehead atoms. The zero-order chi connectivity index (χ0) is 17.9. The highest BCUT2D eigenvalue weighted by Crippen LogP contribution is 2.24. The van der Waals surface area contributed by atoms with E-state index in [1.807, 2.05) is 30.3 Å². The van der Waals surface area contributed by atoms with Crippen LogP contribution >= 0.6 is 0 Å². The van der Waals surface area contributed by atoms with Gasteiger partial charge in [0, 0.05) is 11.9 Å². The lowest BCUT2D eigenvalue weighted by Gasteiger charge is -2.09. The molecule has 0 unspecified atom stereocenters. The van der Waals surface area contributed by atoms with Crippen molar-refractivity contribution in [2.45, 2.75) is 31.6 Å². The van der Waals surface area contributed by atoms with Gasteiger partial charge in [-0.05, 0) is 53.6 Å². The van der Waals surface area contributed by atoms with Crippen LogP contribution in [-0.2, 0) is 35.0 Å². The molecular formula is C19H23N3O2S. The fraction of sp³-hybridized carbons (Fsp3) is 0.316.